The van der Waals surface area contributed by atoms with Gasteiger partial charge in [0.1, 0.15) is 6.61 Å². The first-order valence-corrected chi connectivity index (χ1v) is 9.27. The average molecular weight is 385 g/mol. The third kappa shape index (κ3) is 4.49. The van der Waals surface area contributed by atoms with E-state index < -0.39 is 0 Å². The van der Waals surface area contributed by atoms with Gasteiger partial charge in [-0.2, -0.15) is 5.10 Å². The third-order valence-corrected chi connectivity index (χ3v) is 4.54. The fraction of sp³-hybridized carbons (Fsp3) is 0.300. The molecule has 2 aromatic carbocycles. The minimum absolute atomic E-state index is 0.471. The van der Waals surface area contributed by atoms with E-state index in [-0.39, 0.29) is 0 Å². The molecule has 0 aliphatic heterocycles. The molecule has 0 bridgehead atoms. The van der Waals surface area contributed by atoms with Crippen molar-refractivity contribution in [3.63, 3.8) is 0 Å². The topological polar surface area (TPSA) is 64.1 Å². The standard InChI is InChI=1S/C20H24N4O2S/c1-4-18-22-23-20(27)24(18)21-12-16-6-5-7-17(25-3)19(16)26-13-15-10-8-14(2)9-11-15/h5-11,21H,4,12-13H2,1-3H3,(H,23,27). The van der Waals surface area contributed by atoms with E-state index in [1.165, 1.54) is 5.56 Å². The van der Waals surface area contributed by atoms with E-state index in [2.05, 4.69) is 46.8 Å². The summed E-state index contributed by atoms with van der Waals surface area (Å²) in [5.74, 6) is 2.28. The molecule has 3 aromatic rings. The molecule has 3 rings (SSSR count). The van der Waals surface area contributed by atoms with Crippen LogP contribution in [0.2, 0.25) is 0 Å². The summed E-state index contributed by atoms with van der Waals surface area (Å²) in [5, 5.41) is 7.02. The van der Waals surface area contributed by atoms with Gasteiger partial charge in [-0.15, -0.1) is 0 Å². The van der Waals surface area contributed by atoms with Gasteiger partial charge in [-0.05, 0) is 30.8 Å². The number of hydrogen-bond acceptors (Lipinski definition) is 5. The quantitative estimate of drug-likeness (QED) is 0.572. The summed E-state index contributed by atoms with van der Waals surface area (Å²) in [7, 11) is 1.65. The lowest BCUT2D eigenvalue weighted by Gasteiger charge is -2.16. The van der Waals surface area contributed by atoms with E-state index in [0.29, 0.717) is 23.7 Å². The van der Waals surface area contributed by atoms with Crippen LogP contribution in [-0.2, 0) is 19.6 Å². The number of aryl methyl sites for hydroxylation is 2. The van der Waals surface area contributed by atoms with Crippen molar-refractivity contribution in [3.05, 3.63) is 69.8 Å². The summed E-state index contributed by atoms with van der Waals surface area (Å²) in [5.41, 5.74) is 6.62. The van der Waals surface area contributed by atoms with Crippen molar-refractivity contribution in [2.75, 3.05) is 12.5 Å². The smallest absolute Gasteiger partial charge is 0.214 e. The highest BCUT2D eigenvalue weighted by Gasteiger charge is 2.12. The molecule has 0 saturated heterocycles. The van der Waals surface area contributed by atoms with E-state index in [0.717, 1.165) is 29.1 Å². The van der Waals surface area contributed by atoms with Gasteiger partial charge in [0.05, 0.1) is 13.7 Å². The summed E-state index contributed by atoms with van der Waals surface area (Å²) >= 11 is 5.29. The van der Waals surface area contributed by atoms with Crippen LogP contribution in [0.15, 0.2) is 42.5 Å². The third-order valence-electron chi connectivity index (χ3n) is 4.27. The molecule has 0 aliphatic rings. The number of ether oxygens (including phenoxy) is 2. The van der Waals surface area contributed by atoms with E-state index in [4.69, 9.17) is 21.7 Å². The molecule has 7 heteroatoms. The van der Waals surface area contributed by atoms with Crippen molar-refractivity contribution in [2.45, 2.75) is 33.4 Å². The molecule has 0 saturated carbocycles. The normalized spacial score (nSPS) is 10.6. The van der Waals surface area contributed by atoms with E-state index in [9.17, 15) is 0 Å². The number of aromatic amines is 1. The monoisotopic (exact) mass is 384 g/mol. The summed E-state index contributed by atoms with van der Waals surface area (Å²) in [6, 6.07) is 14.2. The van der Waals surface area contributed by atoms with Crippen molar-refractivity contribution in [3.8, 4) is 11.5 Å². The number of aromatic nitrogens is 3. The molecule has 0 amide bonds. The summed E-state index contributed by atoms with van der Waals surface area (Å²) in [6.07, 6.45) is 0.773. The average Bonchev–Trinajstić information content (AvgIpc) is 3.05. The molecule has 1 aromatic heterocycles. The van der Waals surface area contributed by atoms with Gasteiger partial charge in [0.2, 0.25) is 4.77 Å². The number of hydrogen-bond donors (Lipinski definition) is 2. The number of rotatable bonds is 8. The zero-order chi connectivity index (χ0) is 19.2. The molecule has 0 spiro atoms. The molecule has 6 nitrogen and oxygen atoms in total. The highest BCUT2D eigenvalue weighted by Crippen LogP contribution is 2.32. The maximum Gasteiger partial charge on any atom is 0.214 e. The molecule has 0 unspecified atom stereocenters. The SMILES string of the molecule is CCc1n[nH]c(=S)n1NCc1cccc(OC)c1OCc1ccc(C)cc1. The highest BCUT2D eigenvalue weighted by atomic mass is 32.1. The molecule has 1 heterocycles. The number of nitrogens with one attached hydrogen (secondary N) is 2. The van der Waals surface area contributed by atoms with Gasteiger partial charge in [0.25, 0.3) is 0 Å². The first-order chi connectivity index (χ1) is 13.1. The van der Waals surface area contributed by atoms with Crippen LogP contribution >= 0.6 is 12.2 Å². The molecule has 0 radical (unpaired) electrons. The van der Waals surface area contributed by atoms with Gasteiger partial charge in [0.15, 0.2) is 17.3 Å². The Morgan fingerprint density at radius 3 is 2.67 bits per heavy atom. The lowest BCUT2D eigenvalue weighted by atomic mass is 10.1. The second-order valence-electron chi connectivity index (χ2n) is 6.19. The van der Waals surface area contributed by atoms with E-state index in [1.807, 2.05) is 25.1 Å². The van der Waals surface area contributed by atoms with Crippen LogP contribution in [0.25, 0.3) is 0 Å². The molecule has 0 atom stereocenters. The number of para-hydroxylation sites is 1. The van der Waals surface area contributed by atoms with Crippen molar-refractivity contribution in [1.29, 1.82) is 0 Å². The van der Waals surface area contributed by atoms with Crippen LogP contribution in [0.4, 0.5) is 0 Å². The van der Waals surface area contributed by atoms with Crippen LogP contribution in [0.5, 0.6) is 11.5 Å². The number of H-pyrrole nitrogens is 1. The zero-order valence-electron chi connectivity index (χ0n) is 15.8. The van der Waals surface area contributed by atoms with Gasteiger partial charge in [-0.25, -0.2) is 4.68 Å². The maximum atomic E-state index is 6.12. The fourth-order valence-electron chi connectivity index (χ4n) is 2.76. The van der Waals surface area contributed by atoms with E-state index in [1.54, 1.807) is 11.8 Å². The molecule has 0 fully saturated rings. The summed E-state index contributed by atoms with van der Waals surface area (Å²) in [4.78, 5) is 0. The Bertz CT molecular complexity index is 947. The predicted octanol–water partition coefficient (Wildman–Crippen LogP) is 4.14. The second-order valence-corrected chi connectivity index (χ2v) is 6.58. The Kier molecular flexibility index (Phi) is 6.13. The number of methoxy groups -OCH3 is 1. The first kappa shape index (κ1) is 19.0. The molecular formula is C20H24N4O2S. The maximum absolute atomic E-state index is 6.12. The van der Waals surface area contributed by atoms with Gasteiger partial charge in [-0.3, -0.25) is 5.10 Å². The zero-order valence-corrected chi connectivity index (χ0v) is 16.6. The Balaban J connectivity index is 1.79. The number of benzene rings is 2. The highest BCUT2D eigenvalue weighted by molar-refractivity contribution is 7.71. The predicted molar refractivity (Wildman–Crippen MR) is 108 cm³/mol. The van der Waals surface area contributed by atoms with Crippen molar-refractivity contribution < 1.29 is 9.47 Å². The minimum Gasteiger partial charge on any atom is -0.493 e. The van der Waals surface area contributed by atoms with Gasteiger partial charge < -0.3 is 14.9 Å². The summed E-state index contributed by atoms with van der Waals surface area (Å²) < 4.78 is 13.9. The van der Waals surface area contributed by atoms with Crippen LogP contribution in [-0.4, -0.2) is 22.0 Å². The van der Waals surface area contributed by atoms with Gasteiger partial charge in [-0.1, -0.05) is 48.9 Å². The molecule has 142 valence electrons. The van der Waals surface area contributed by atoms with Crippen LogP contribution in [0.1, 0.15) is 29.4 Å². The molecular weight excluding hydrogens is 360 g/mol. The number of nitrogens with zero attached hydrogens (tertiary/aromatic N) is 2. The van der Waals surface area contributed by atoms with E-state index >= 15 is 0 Å². The second kappa shape index (κ2) is 8.73. The molecule has 0 aliphatic carbocycles. The Morgan fingerprint density at radius 2 is 1.96 bits per heavy atom. The fourth-order valence-corrected chi connectivity index (χ4v) is 2.97. The van der Waals surface area contributed by atoms with Crippen LogP contribution < -0.4 is 14.9 Å². The molecule has 27 heavy (non-hydrogen) atoms. The lowest BCUT2D eigenvalue weighted by molar-refractivity contribution is 0.281. The van der Waals surface area contributed by atoms with Crippen LogP contribution in [0.3, 0.4) is 0 Å². The van der Waals surface area contributed by atoms with Crippen molar-refractivity contribution in [1.82, 2.24) is 14.9 Å². The van der Waals surface area contributed by atoms with Gasteiger partial charge >= 0.3 is 0 Å². The van der Waals surface area contributed by atoms with Crippen molar-refractivity contribution in [2.24, 2.45) is 0 Å². The Hall–Kier alpha value is -2.80. The molecule has 2 N–H and O–H groups in total. The largest absolute Gasteiger partial charge is 0.493 e. The lowest BCUT2D eigenvalue weighted by Crippen LogP contribution is -2.18. The Morgan fingerprint density at radius 1 is 1.19 bits per heavy atom. The summed E-state index contributed by atoms with van der Waals surface area (Å²) in [6.45, 7) is 5.10. The Labute approximate surface area is 164 Å². The minimum atomic E-state index is 0.471. The van der Waals surface area contributed by atoms with Gasteiger partial charge in [0, 0.05) is 12.0 Å². The van der Waals surface area contributed by atoms with Crippen LogP contribution in [0, 0.1) is 11.7 Å². The van der Waals surface area contributed by atoms with Crippen molar-refractivity contribution >= 4 is 12.2 Å². The first-order valence-electron chi connectivity index (χ1n) is 8.86.